The third-order valence-electron chi connectivity index (χ3n) is 2.50. The summed E-state index contributed by atoms with van der Waals surface area (Å²) in [5.41, 5.74) is 3.30. The van der Waals surface area contributed by atoms with E-state index in [1.807, 2.05) is 0 Å². The van der Waals surface area contributed by atoms with Gasteiger partial charge >= 0.3 is 5.97 Å². The Morgan fingerprint density at radius 3 is 2.75 bits per heavy atom. The molecule has 0 radical (unpaired) electrons. The van der Waals surface area contributed by atoms with Gasteiger partial charge in [0.05, 0.1) is 17.5 Å². The number of benzene rings is 2. The lowest BCUT2D eigenvalue weighted by Gasteiger charge is -2.02. The van der Waals surface area contributed by atoms with Gasteiger partial charge in [0, 0.05) is 5.56 Å². The van der Waals surface area contributed by atoms with Gasteiger partial charge < -0.3 is 10.2 Å². The summed E-state index contributed by atoms with van der Waals surface area (Å²) >= 11 is 0. The fraction of sp³-hybridized carbons (Fsp3) is 0. The maximum Gasteiger partial charge on any atom is 0.335 e. The second-order valence-electron chi connectivity index (χ2n) is 3.96. The predicted molar refractivity (Wildman–Crippen MR) is 72.7 cm³/mol. The molecule has 0 saturated carbocycles. The van der Waals surface area contributed by atoms with Gasteiger partial charge in [0.15, 0.2) is 0 Å². The van der Waals surface area contributed by atoms with E-state index in [-0.39, 0.29) is 16.9 Å². The Morgan fingerprint density at radius 2 is 2.05 bits per heavy atom. The number of halogens is 1. The van der Waals surface area contributed by atoms with Crippen molar-refractivity contribution in [1.82, 2.24) is 0 Å². The summed E-state index contributed by atoms with van der Waals surface area (Å²) in [5, 5.41) is 22.3. The molecule has 0 unspecified atom stereocenters. The number of hydrogen-bond donors (Lipinski definition) is 3. The van der Waals surface area contributed by atoms with Crippen LogP contribution in [0.25, 0.3) is 0 Å². The highest BCUT2D eigenvalue weighted by Crippen LogP contribution is 2.17. The number of hydrazone groups is 1. The number of aromatic carboxylic acids is 1. The zero-order valence-corrected chi connectivity index (χ0v) is 10.2. The van der Waals surface area contributed by atoms with Crippen molar-refractivity contribution < 1.29 is 19.4 Å². The third kappa shape index (κ3) is 3.32. The number of phenols is 1. The Labute approximate surface area is 114 Å². The lowest BCUT2D eigenvalue weighted by atomic mass is 10.1. The van der Waals surface area contributed by atoms with Crippen molar-refractivity contribution >= 4 is 17.9 Å². The fourth-order valence-corrected chi connectivity index (χ4v) is 1.53. The van der Waals surface area contributed by atoms with E-state index in [1.165, 1.54) is 42.6 Å². The van der Waals surface area contributed by atoms with Crippen LogP contribution in [0.3, 0.4) is 0 Å². The van der Waals surface area contributed by atoms with Crippen LogP contribution in [0, 0.1) is 5.82 Å². The molecule has 0 spiro atoms. The monoisotopic (exact) mass is 274 g/mol. The smallest absolute Gasteiger partial charge is 0.335 e. The first kappa shape index (κ1) is 13.5. The van der Waals surface area contributed by atoms with Gasteiger partial charge in [-0.25, -0.2) is 9.18 Å². The first-order chi connectivity index (χ1) is 9.56. The number of aromatic hydroxyl groups is 1. The summed E-state index contributed by atoms with van der Waals surface area (Å²) < 4.78 is 12.9. The minimum atomic E-state index is -1.10. The fourth-order valence-electron chi connectivity index (χ4n) is 1.53. The van der Waals surface area contributed by atoms with E-state index >= 15 is 0 Å². The average molecular weight is 274 g/mol. The topological polar surface area (TPSA) is 81.9 Å². The molecule has 0 heterocycles. The first-order valence-electron chi connectivity index (χ1n) is 5.67. The summed E-state index contributed by atoms with van der Waals surface area (Å²) in [4.78, 5) is 10.8. The summed E-state index contributed by atoms with van der Waals surface area (Å²) in [5.74, 6) is -1.60. The lowest BCUT2D eigenvalue weighted by molar-refractivity contribution is 0.0697. The Balaban J connectivity index is 2.15. The number of phenolic OH excluding ortho intramolecular Hbond substituents is 1. The quantitative estimate of drug-likeness (QED) is 0.591. The maximum absolute atomic E-state index is 12.9. The van der Waals surface area contributed by atoms with Crippen molar-refractivity contribution in [2.45, 2.75) is 0 Å². The number of anilines is 1. The van der Waals surface area contributed by atoms with E-state index in [0.29, 0.717) is 5.69 Å². The van der Waals surface area contributed by atoms with Crippen molar-refractivity contribution in [3.8, 4) is 5.75 Å². The highest BCUT2D eigenvalue weighted by atomic mass is 19.1. The van der Waals surface area contributed by atoms with E-state index < -0.39 is 11.8 Å². The van der Waals surface area contributed by atoms with Crippen molar-refractivity contribution in [2.24, 2.45) is 5.10 Å². The van der Waals surface area contributed by atoms with Gasteiger partial charge in [-0.2, -0.15) is 5.10 Å². The van der Waals surface area contributed by atoms with Gasteiger partial charge in [-0.05, 0) is 36.4 Å². The molecule has 3 N–H and O–H groups in total. The van der Waals surface area contributed by atoms with Gasteiger partial charge in [0.2, 0.25) is 0 Å². The van der Waals surface area contributed by atoms with Gasteiger partial charge in [0.1, 0.15) is 11.6 Å². The molecule has 2 aromatic carbocycles. The van der Waals surface area contributed by atoms with Crippen LogP contribution in [0.15, 0.2) is 47.6 Å². The molecule has 0 aliphatic carbocycles. The molecule has 6 heteroatoms. The molecule has 0 atom stereocenters. The lowest BCUT2D eigenvalue weighted by Crippen LogP contribution is -1.98. The molecule has 102 valence electrons. The molecule has 0 aliphatic rings. The third-order valence-corrected chi connectivity index (χ3v) is 2.50. The molecule has 0 aromatic heterocycles. The van der Waals surface area contributed by atoms with Crippen molar-refractivity contribution in [3.05, 3.63) is 59.4 Å². The number of rotatable bonds is 4. The molecule has 0 saturated heterocycles. The number of nitrogens with one attached hydrogen (secondary N) is 1. The summed E-state index contributed by atoms with van der Waals surface area (Å²) in [6.45, 7) is 0. The molecule has 5 nitrogen and oxygen atoms in total. The Kier molecular flexibility index (Phi) is 3.95. The van der Waals surface area contributed by atoms with Gasteiger partial charge in [-0.15, -0.1) is 0 Å². The van der Waals surface area contributed by atoms with Crippen LogP contribution in [0.1, 0.15) is 15.9 Å². The van der Waals surface area contributed by atoms with Crippen LogP contribution in [-0.4, -0.2) is 22.4 Å². The molecule has 0 bridgehead atoms. The molecular weight excluding hydrogens is 263 g/mol. The Bertz CT molecular complexity index is 671. The van der Waals surface area contributed by atoms with Crippen LogP contribution in [0.5, 0.6) is 5.75 Å². The van der Waals surface area contributed by atoms with E-state index in [2.05, 4.69) is 10.5 Å². The van der Waals surface area contributed by atoms with Crippen LogP contribution in [-0.2, 0) is 0 Å². The SMILES string of the molecule is O=C(O)c1ccc(O)c(/C=N/Nc2cccc(F)c2)c1. The molecule has 2 aromatic rings. The second kappa shape index (κ2) is 5.83. The molecule has 0 amide bonds. The number of carboxylic acids is 1. The summed E-state index contributed by atoms with van der Waals surface area (Å²) in [7, 11) is 0. The van der Waals surface area contributed by atoms with Crippen molar-refractivity contribution in [2.75, 3.05) is 5.43 Å². The van der Waals surface area contributed by atoms with E-state index in [1.54, 1.807) is 6.07 Å². The minimum Gasteiger partial charge on any atom is -0.507 e. The zero-order chi connectivity index (χ0) is 14.5. The van der Waals surface area contributed by atoms with Gasteiger partial charge in [-0.1, -0.05) is 6.07 Å². The molecular formula is C14H11FN2O3. The average Bonchev–Trinajstić information content (AvgIpc) is 2.40. The van der Waals surface area contributed by atoms with E-state index in [9.17, 15) is 14.3 Å². The van der Waals surface area contributed by atoms with Crippen LogP contribution in [0.4, 0.5) is 10.1 Å². The minimum absolute atomic E-state index is 0.0370. The highest BCUT2D eigenvalue weighted by Gasteiger charge is 2.06. The van der Waals surface area contributed by atoms with E-state index in [0.717, 1.165) is 0 Å². The number of nitrogens with zero attached hydrogens (tertiary/aromatic N) is 1. The number of hydrogen-bond acceptors (Lipinski definition) is 4. The number of carboxylic acid groups (broad SMARTS) is 1. The summed E-state index contributed by atoms with van der Waals surface area (Å²) in [6, 6.07) is 9.54. The van der Waals surface area contributed by atoms with Crippen LogP contribution < -0.4 is 5.43 Å². The van der Waals surface area contributed by atoms with Crippen LogP contribution >= 0.6 is 0 Å². The van der Waals surface area contributed by atoms with Gasteiger partial charge in [0.25, 0.3) is 0 Å². The largest absolute Gasteiger partial charge is 0.507 e. The summed E-state index contributed by atoms with van der Waals surface area (Å²) in [6.07, 6.45) is 1.26. The first-order valence-corrected chi connectivity index (χ1v) is 5.67. The predicted octanol–water partition coefficient (Wildman–Crippen LogP) is 2.68. The van der Waals surface area contributed by atoms with Gasteiger partial charge in [-0.3, -0.25) is 5.43 Å². The Hall–Kier alpha value is -2.89. The van der Waals surface area contributed by atoms with Crippen molar-refractivity contribution in [1.29, 1.82) is 0 Å². The second-order valence-corrected chi connectivity index (χ2v) is 3.96. The van der Waals surface area contributed by atoms with Crippen molar-refractivity contribution in [3.63, 3.8) is 0 Å². The normalized spacial score (nSPS) is 10.7. The molecule has 20 heavy (non-hydrogen) atoms. The zero-order valence-electron chi connectivity index (χ0n) is 10.2. The standard InChI is InChI=1S/C14H11FN2O3/c15-11-2-1-3-12(7-11)17-16-8-10-6-9(14(19)20)4-5-13(10)18/h1-8,17-18H,(H,19,20)/b16-8+. The Morgan fingerprint density at radius 1 is 1.25 bits per heavy atom. The molecule has 0 fully saturated rings. The highest BCUT2D eigenvalue weighted by molar-refractivity contribution is 5.92. The van der Waals surface area contributed by atoms with Crippen LogP contribution in [0.2, 0.25) is 0 Å². The molecule has 2 rings (SSSR count). The molecule has 0 aliphatic heterocycles. The maximum atomic E-state index is 12.9. The number of carbonyl (C=O) groups is 1. The van der Waals surface area contributed by atoms with E-state index in [4.69, 9.17) is 5.11 Å².